The quantitative estimate of drug-likeness (QED) is 0.759. The van der Waals surface area contributed by atoms with Crippen molar-refractivity contribution in [2.45, 2.75) is 12.8 Å². The molecule has 1 aromatic carbocycles. The van der Waals surface area contributed by atoms with Crippen molar-refractivity contribution in [1.82, 2.24) is 25.1 Å². The molecule has 118 valence electrons. The van der Waals surface area contributed by atoms with E-state index in [0.717, 1.165) is 17.1 Å². The summed E-state index contributed by atoms with van der Waals surface area (Å²) in [6.45, 7) is 2.51. The van der Waals surface area contributed by atoms with Crippen LogP contribution in [0.25, 0.3) is 11.3 Å². The molecule has 0 bridgehead atoms. The summed E-state index contributed by atoms with van der Waals surface area (Å²) in [6.07, 6.45) is 1.66. The van der Waals surface area contributed by atoms with Crippen LogP contribution in [0.3, 0.4) is 0 Å². The number of hydrogen-bond donors (Lipinski definition) is 2. The molecule has 0 saturated carbocycles. The first kappa shape index (κ1) is 15.0. The molecule has 0 radical (unpaired) electrons. The molecule has 2 heterocycles. The lowest BCUT2D eigenvalue weighted by Crippen LogP contribution is -2.28. The van der Waals surface area contributed by atoms with Crippen molar-refractivity contribution in [1.29, 1.82) is 0 Å². The smallest absolute Gasteiger partial charge is 0.267 e. The predicted octanol–water partition coefficient (Wildman–Crippen LogP) is 2.34. The normalized spacial score (nSPS) is 12.1. The topological polar surface area (TPSA) is 75.6 Å². The van der Waals surface area contributed by atoms with Gasteiger partial charge in [0.1, 0.15) is 17.8 Å². The Labute approximate surface area is 134 Å². The Morgan fingerprint density at radius 2 is 2.04 bits per heavy atom. The van der Waals surface area contributed by atoms with Crippen LogP contribution in [0.15, 0.2) is 48.8 Å². The SMILES string of the molecule is C[C@@H](CNC(=O)c1ccc(-c2ccccc2)[nH]1)c1nncn1C. The predicted molar refractivity (Wildman–Crippen MR) is 88.0 cm³/mol. The van der Waals surface area contributed by atoms with E-state index < -0.39 is 0 Å². The van der Waals surface area contributed by atoms with Gasteiger partial charge in [0.2, 0.25) is 0 Å². The molecule has 3 rings (SSSR count). The van der Waals surface area contributed by atoms with E-state index in [1.54, 1.807) is 12.4 Å². The Balaban J connectivity index is 1.63. The van der Waals surface area contributed by atoms with Crippen LogP contribution >= 0.6 is 0 Å². The molecule has 3 aromatic rings. The third kappa shape index (κ3) is 3.31. The number of aryl methyl sites for hydroxylation is 1. The summed E-state index contributed by atoms with van der Waals surface area (Å²) in [5, 5.41) is 10.9. The first-order valence-electron chi connectivity index (χ1n) is 7.51. The summed E-state index contributed by atoms with van der Waals surface area (Å²) in [6, 6.07) is 13.6. The van der Waals surface area contributed by atoms with E-state index in [1.165, 1.54) is 0 Å². The molecule has 0 aliphatic heterocycles. The van der Waals surface area contributed by atoms with Gasteiger partial charge in [-0.15, -0.1) is 10.2 Å². The van der Waals surface area contributed by atoms with Crippen LogP contribution < -0.4 is 5.32 Å². The highest BCUT2D eigenvalue weighted by molar-refractivity contribution is 5.93. The first-order chi connectivity index (χ1) is 11.1. The Bertz CT molecular complexity index is 790. The molecule has 6 nitrogen and oxygen atoms in total. The van der Waals surface area contributed by atoms with Gasteiger partial charge in [0.05, 0.1) is 0 Å². The molecule has 6 heteroatoms. The molecule has 0 aliphatic carbocycles. The lowest BCUT2D eigenvalue weighted by Gasteiger charge is -2.11. The van der Waals surface area contributed by atoms with Gasteiger partial charge in [-0.05, 0) is 17.7 Å². The summed E-state index contributed by atoms with van der Waals surface area (Å²) in [5.74, 6) is 0.818. The maximum Gasteiger partial charge on any atom is 0.267 e. The van der Waals surface area contributed by atoms with E-state index in [1.807, 2.05) is 54.9 Å². The number of carbonyl (C=O) groups excluding carboxylic acids is 1. The van der Waals surface area contributed by atoms with Gasteiger partial charge in [-0.2, -0.15) is 0 Å². The molecule has 0 saturated heterocycles. The lowest BCUT2D eigenvalue weighted by atomic mass is 10.1. The highest BCUT2D eigenvalue weighted by Gasteiger charge is 2.14. The average Bonchev–Trinajstić information content (AvgIpc) is 3.22. The number of carbonyl (C=O) groups is 1. The van der Waals surface area contributed by atoms with Crippen LogP contribution in [0.5, 0.6) is 0 Å². The number of benzene rings is 1. The maximum absolute atomic E-state index is 12.3. The second-order valence-corrected chi connectivity index (χ2v) is 5.56. The first-order valence-corrected chi connectivity index (χ1v) is 7.51. The highest BCUT2D eigenvalue weighted by Crippen LogP contribution is 2.18. The van der Waals surface area contributed by atoms with Crippen molar-refractivity contribution in [2.75, 3.05) is 6.54 Å². The van der Waals surface area contributed by atoms with E-state index in [9.17, 15) is 4.79 Å². The minimum atomic E-state index is -0.124. The van der Waals surface area contributed by atoms with Crippen LogP contribution in [0, 0.1) is 0 Å². The van der Waals surface area contributed by atoms with Crippen molar-refractivity contribution in [3.8, 4) is 11.3 Å². The van der Waals surface area contributed by atoms with Crippen molar-refractivity contribution < 1.29 is 4.79 Å². The van der Waals surface area contributed by atoms with E-state index in [2.05, 4.69) is 20.5 Å². The molecule has 0 aliphatic rings. The summed E-state index contributed by atoms with van der Waals surface area (Å²) in [5.41, 5.74) is 2.53. The van der Waals surface area contributed by atoms with Gasteiger partial charge < -0.3 is 14.9 Å². The van der Waals surface area contributed by atoms with Crippen molar-refractivity contribution in [2.24, 2.45) is 7.05 Å². The number of nitrogens with one attached hydrogen (secondary N) is 2. The Kier molecular flexibility index (Phi) is 4.23. The zero-order valence-electron chi connectivity index (χ0n) is 13.2. The minimum Gasteiger partial charge on any atom is -0.351 e. The van der Waals surface area contributed by atoms with Crippen molar-refractivity contribution in [3.63, 3.8) is 0 Å². The Morgan fingerprint density at radius 1 is 1.26 bits per heavy atom. The van der Waals surface area contributed by atoms with Gasteiger partial charge in [0, 0.05) is 25.2 Å². The van der Waals surface area contributed by atoms with Crippen LogP contribution in [-0.2, 0) is 7.05 Å². The van der Waals surface area contributed by atoms with Gasteiger partial charge in [-0.25, -0.2) is 0 Å². The number of aromatic nitrogens is 4. The molecule has 23 heavy (non-hydrogen) atoms. The third-order valence-corrected chi connectivity index (χ3v) is 3.77. The number of nitrogens with zero attached hydrogens (tertiary/aromatic N) is 3. The summed E-state index contributed by atoms with van der Waals surface area (Å²) in [7, 11) is 1.89. The highest BCUT2D eigenvalue weighted by atomic mass is 16.1. The molecule has 1 amide bonds. The second-order valence-electron chi connectivity index (χ2n) is 5.56. The molecule has 2 N–H and O–H groups in total. The van der Waals surface area contributed by atoms with Crippen LogP contribution in [0.1, 0.15) is 29.2 Å². The van der Waals surface area contributed by atoms with Crippen LogP contribution in [0.2, 0.25) is 0 Å². The number of hydrogen-bond acceptors (Lipinski definition) is 3. The van der Waals surface area contributed by atoms with Crippen LogP contribution in [0.4, 0.5) is 0 Å². The number of rotatable bonds is 5. The summed E-state index contributed by atoms with van der Waals surface area (Å²) < 4.78 is 1.86. The number of H-pyrrole nitrogens is 1. The Hall–Kier alpha value is -2.89. The van der Waals surface area contributed by atoms with Gasteiger partial charge in [-0.3, -0.25) is 4.79 Å². The fourth-order valence-electron chi connectivity index (χ4n) is 2.48. The Morgan fingerprint density at radius 3 is 2.74 bits per heavy atom. The van der Waals surface area contributed by atoms with Gasteiger partial charge >= 0.3 is 0 Å². The monoisotopic (exact) mass is 309 g/mol. The zero-order chi connectivity index (χ0) is 16.2. The largest absolute Gasteiger partial charge is 0.351 e. The molecule has 1 atom stereocenters. The summed E-state index contributed by atoms with van der Waals surface area (Å²) >= 11 is 0. The number of aromatic amines is 1. The van der Waals surface area contributed by atoms with E-state index >= 15 is 0 Å². The lowest BCUT2D eigenvalue weighted by molar-refractivity contribution is 0.0947. The third-order valence-electron chi connectivity index (χ3n) is 3.77. The number of amides is 1. The maximum atomic E-state index is 12.3. The molecule has 0 unspecified atom stereocenters. The molecule has 0 spiro atoms. The van der Waals surface area contributed by atoms with E-state index in [0.29, 0.717) is 12.2 Å². The van der Waals surface area contributed by atoms with E-state index in [-0.39, 0.29) is 11.8 Å². The average molecular weight is 309 g/mol. The summed E-state index contributed by atoms with van der Waals surface area (Å²) in [4.78, 5) is 15.4. The van der Waals surface area contributed by atoms with Crippen molar-refractivity contribution in [3.05, 3.63) is 60.3 Å². The fraction of sp³-hybridized carbons (Fsp3) is 0.235. The van der Waals surface area contributed by atoms with Gasteiger partial charge in [0.15, 0.2) is 0 Å². The molecule has 2 aromatic heterocycles. The second kappa shape index (κ2) is 6.48. The van der Waals surface area contributed by atoms with Crippen molar-refractivity contribution >= 4 is 5.91 Å². The fourth-order valence-corrected chi connectivity index (χ4v) is 2.48. The van der Waals surface area contributed by atoms with Gasteiger partial charge in [-0.1, -0.05) is 37.3 Å². The van der Waals surface area contributed by atoms with Crippen LogP contribution in [-0.4, -0.2) is 32.2 Å². The minimum absolute atomic E-state index is 0.0926. The zero-order valence-corrected chi connectivity index (χ0v) is 13.2. The molecular formula is C17H19N5O. The van der Waals surface area contributed by atoms with E-state index in [4.69, 9.17) is 0 Å². The van der Waals surface area contributed by atoms with Gasteiger partial charge in [0.25, 0.3) is 5.91 Å². The molecule has 0 fully saturated rings. The standard InChI is InChI=1S/C17H19N5O/c1-12(16-21-19-11-22(16)2)10-18-17(23)15-9-8-14(20-15)13-6-4-3-5-7-13/h3-9,11-12,20H,10H2,1-2H3,(H,18,23)/t12-/m0/s1. The molecular weight excluding hydrogens is 290 g/mol.